The van der Waals surface area contributed by atoms with Gasteiger partial charge in [-0.1, -0.05) is 0 Å². The van der Waals surface area contributed by atoms with E-state index in [1.165, 1.54) is 38.5 Å². The van der Waals surface area contributed by atoms with Gasteiger partial charge in [-0.2, -0.15) is 16.8 Å². The number of nitrogens with zero attached hydrogens (tertiary/aromatic N) is 1. The molecule has 1 aliphatic heterocycles. The zero-order valence-corrected chi connectivity index (χ0v) is 22.4. The Bertz CT molecular complexity index is 2110. The lowest BCUT2D eigenvalue weighted by Gasteiger charge is -2.07. The second-order valence-corrected chi connectivity index (χ2v) is 11.5. The van der Waals surface area contributed by atoms with Gasteiger partial charge in [0.15, 0.2) is 0 Å². The first kappa shape index (κ1) is 27.1. The number of benzene rings is 3. The van der Waals surface area contributed by atoms with Gasteiger partial charge in [0.1, 0.15) is 23.0 Å². The molecule has 12 nitrogen and oxygen atoms in total. The number of ketones is 1. The monoisotopic (exact) mass is 584 g/mol. The molecule has 0 unspecified atom stereocenters. The van der Waals surface area contributed by atoms with Crippen LogP contribution in [-0.4, -0.2) is 61.7 Å². The molecule has 1 aliphatic rings. The van der Waals surface area contributed by atoms with Crippen molar-refractivity contribution in [3.8, 4) is 17.2 Å². The highest BCUT2D eigenvalue weighted by molar-refractivity contribution is 7.86. The quantitative estimate of drug-likeness (QED) is 0.244. The van der Waals surface area contributed by atoms with E-state index in [-0.39, 0.29) is 38.7 Å². The molecule has 1 aromatic heterocycles. The van der Waals surface area contributed by atoms with Crippen LogP contribution in [0.4, 0.5) is 5.69 Å². The summed E-state index contributed by atoms with van der Waals surface area (Å²) in [5.74, 6) is -0.183. The summed E-state index contributed by atoms with van der Waals surface area (Å²) < 4.78 is 75.6. The van der Waals surface area contributed by atoms with Crippen LogP contribution in [0.15, 0.2) is 63.3 Å². The van der Waals surface area contributed by atoms with Gasteiger partial charge < -0.3 is 19.6 Å². The lowest BCUT2D eigenvalue weighted by molar-refractivity contribution is 0.107. The SMILES string of the molecule is COc1cc(=Cc2[nH]c3ccc(S(=O)(=O)O)cc3c2O)c(OC)cc1=CC1=Nc2ccc(S(=O)(=O)O)cc2C1=O. The molecule has 4 aromatic rings. The summed E-state index contributed by atoms with van der Waals surface area (Å²) in [5, 5.41) is 11.8. The smallest absolute Gasteiger partial charge is 0.294 e. The average molecular weight is 585 g/mol. The van der Waals surface area contributed by atoms with Gasteiger partial charge in [0, 0.05) is 21.3 Å². The van der Waals surface area contributed by atoms with Gasteiger partial charge in [0.25, 0.3) is 20.2 Å². The third-order valence-electron chi connectivity index (χ3n) is 6.23. The first-order chi connectivity index (χ1) is 18.8. The van der Waals surface area contributed by atoms with Crippen LogP contribution in [0, 0.1) is 0 Å². The summed E-state index contributed by atoms with van der Waals surface area (Å²) >= 11 is 0. The van der Waals surface area contributed by atoms with Crippen LogP contribution in [0.1, 0.15) is 16.1 Å². The molecule has 0 saturated carbocycles. The molecule has 5 rings (SSSR count). The maximum atomic E-state index is 12.9. The predicted molar refractivity (Wildman–Crippen MR) is 144 cm³/mol. The Hall–Kier alpha value is -4.50. The van der Waals surface area contributed by atoms with E-state index in [0.29, 0.717) is 27.5 Å². The minimum absolute atomic E-state index is 0.00229. The lowest BCUT2D eigenvalue weighted by Crippen LogP contribution is -2.18. The van der Waals surface area contributed by atoms with E-state index in [2.05, 4.69) is 9.98 Å². The molecular weight excluding hydrogens is 564 g/mol. The average Bonchev–Trinajstić information content (AvgIpc) is 3.38. The van der Waals surface area contributed by atoms with E-state index in [1.54, 1.807) is 18.2 Å². The Kier molecular flexibility index (Phi) is 6.50. The number of rotatable bonds is 6. The molecule has 14 heteroatoms. The van der Waals surface area contributed by atoms with Gasteiger partial charge >= 0.3 is 0 Å². The van der Waals surface area contributed by atoms with Crippen LogP contribution in [0.5, 0.6) is 17.2 Å². The van der Waals surface area contributed by atoms with Gasteiger partial charge in [-0.3, -0.25) is 13.9 Å². The topological polar surface area (TPSA) is 193 Å². The molecule has 4 N–H and O–H groups in total. The minimum Gasteiger partial charge on any atom is -0.505 e. The number of carbonyl (C=O) groups excluding carboxylic acids is 1. The number of aromatic hydroxyl groups is 1. The molecule has 0 radical (unpaired) electrons. The third kappa shape index (κ3) is 4.84. The van der Waals surface area contributed by atoms with E-state index in [4.69, 9.17) is 9.47 Å². The first-order valence-corrected chi connectivity index (χ1v) is 14.2. The maximum absolute atomic E-state index is 12.9. The highest BCUT2D eigenvalue weighted by Gasteiger charge is 2.25. The van der Waals surface area contributed by atoms with E-state index in [9.17, 15) is 35.8 Å². The Morgan fingerprint density at radius 3 is 2.00 bits per heavy atom. The van der Waals surface area contributed by atoms with E-state index >= 15 is 0 Å². The van der Waals surface area contributed by atoms with Crippen molar-refractivity contribution >= 4 is 60.5 Å². The minimum atomic E-state index is -4.51. The van der Waals surface area contributed by atoms with Crippen LogP contribution in [0.2, 0.25) is 0 Å². The molecule has 0 saturated heterocycles. The van der Waals surface area contributed by atoms with Gasteiger partial charge in [-0.15, -0.1) is 0 Å². The van der Waals surface area contributed by atoms with Crippen molar-refractivity contribution in [1.29, 1.82) is 0 Å². The van der Waals surface area contributed by atoms with Gasteiger partial charge in [-0.25, -0.2) is 4.99 Å². The molecule has 3 aromatic carbocycles. The molecule has 0 amide bonds. The third-order valence-corrected chi connectivity index (χ3v) is 7.93. The number of aromatic nitrogens is 1. The van der Waals surface area contributed by atoms with Crippen molar-refractivity contribution in [3.05, 3.63) is 70.2 Å². The number of hydrogen-bond donors (Lipinski definition) is 4. The first-order valence-electron chi connectivity index (χ1n) is 11.3. The number of H-pyrrole nitrogens is 1. The summed E-state index contributed by atoms with van der Waals surface area (Å²) in [5.41, 5.74) is 0.902. The molecule has 0 aliphatic carbocycles. The van der Waals surface area contributed by atoms with Crippen LogP contribution in [-0.2, 0) is 20.2 Å². The molecule has 0 bridgehead atoms. The molecular formula is C26H20N2O10S2. The normalized spacial score (nSPS) is 14.5. The van der Waals surface area contributed by atoms with Crippen LogP contribution in [0.3, 0.4) is 0 Å². The standard InChI is InChI=1S/C26H20N2O10S2/c1-37-23-9-14(8-22-26(30)18-12-16(40(34,35)36)4-6-20(18)28-22)24(38-2)10-13(23)7-21-25(29)17-11-15(39(31,32)33)3-5-19(17)27-21/h3-12,27,29H,1-2H3,(H,31,32,33)(H,34,35,36). The zero-order valence-electron chi connectivity index (χ0n) is 20.7. The fraction of sp³-hybridized carbons (Fsp3) is 0.0769. The van der Waals surface area contributed by atoms with Gasteiger partial charge in [-0.05, 0) is 60.7 Å². The van der Waals surface area contributed by atoms with Crippen molar-refractivity contribution in [2.24, 2.45) is 4.99 Å². The van der Waals surface area contributed by atoms with Gasteiger partial charge in [0.05, 0.1) is 41.0 Å². The van der Waals surface area contributed by atoms with E-state index in [0.717, 1.165) is 18.2 Å². The van der Waals surface area contributed by atoms with Crippen molar-refractivity contribution in [1.82, 2.24) is 4.98 Å². The van der Waals surface area contributed by atoms with Crippen molar-refractivity contribution < 1.29 is 45.3 Å². The molecule has 40 heavy (non-hydrogen) atoms. The van der Waals surface area contributed by atoms with Crippen LogP contribution < -0.4 is 19.9 Å². The number of aliphatic imine (C=N–C) groups is 1. The van der Waals surface area contributed by atoms with Crippen LogP contribution in [0.25, 0.3) is 23.1 Å². The number of ether oxygens (including phenoxy) is 2. The number of nitrogens with one attached hydrogen (secondary N) is 1. The fourth-order valence-electron chi connectivity index (χ4n) is 4.29. The summed E-state index contributed by atoms with van der Waals surface area (Å²) in [4.78, 5) is 19.4. The zero-order chi connectivity index (χ0) is 29.0. The van der Waals surface area contributed by atoms with Crippen molar-refractivity contribution in [2.45, 2.75) is 9.79 Å². The Balaban J connectivity index is 1.60. The molecule has 0 atom stereocenters. The van der Waals surface area contributed by atoms with E-state index in [1.807, 2.05) is 0 Å². The largest absolute Gasteiger partial charge is 0.505 e. The number of Topliss-reactive ketones (excluding diaryl/α,β-unsaturated/α-hetero) is 1. The summed E-state index contributed by atoms with van der Waals surface area (Å²) in [6.45, 7) is 0. The summed E-state index contributed by atoms with van der Waals surface area (Å²) in [6.07, 6.45) is 2.98. The van der Waals surface area contributed by atoms with Crippen molar-refractivity contribution in [3.63, 3.8) is 0 Å². The molecule has 0 spiro atoms. The number of aromatic amines is 1. The van der Waals surface area contributed by atoms with E-state index < -0.39 is 30.9 Å². The highest BCUT2D eigenvalue weighted by Crippen LogP contribution is 2.32. The Labute approximate surface area is 227 Å². The summed E-state index contributed by atoms with van der Waals surface area (Å²) in [7, 11) is -6.16. The van der Waals surface area contributed by atoms with Crippen molar-refractivity contribution in [2.75, 3.05) is 14.2 Å². The maximum Gasteiger partial charge on any atom is 0.294 e. The second kappa shape index (κ2) is 9.60. The Morgan fingerprint density at radius 2 is 1.40 bits per heavy atom. The number of methoxy groups -OCH3 is 2. The molecule has 0 fully saturated rings. The lowest BCUT2D eigenvalue weighted by atomic mass is 10.1. The summed E-state index contributed by atoms with van der Waals surface area (Å²) in [6, 6.07) is 10.4. The Morgan fingerprint density at radius 1 is 0.825 bits per heavy atom. The van der Waals surface area contributed by atoms with Gasteiger partial charge in [0.2, 0.25) is 5.78 Å². The second-order valence-electron chi connectivity index (χ2n) is 8.67. The number of hydrogen-bond acceptors (Lipinski definition) is 9. The number of fused-ring (bicyclic) bond motifs is 2. The fourth-order valence-corrected chi connectivity index (χ4v) is 5.30. The number of carbonyl (C=O) groups is 1. The predicted octanol–water partition coefficient (Wildman–Crippen LogP) is 1.96. The molecule has 2 heterocycles. The van der Waals surface area contributed by atoms with Crippen LogP contribution >= 0.6 is 0 Å². The molecule has 206 valence electrons. The highest BCUT2D eigenvalue weighted by atomic mass is 32.2.